The van der Waals surface area contributed by atoms with E-state index in [1.54, 1.807) is 24.3 Å². The number of nitrogen functional groups attached to an aromatic ring is 1. The fraction of sp³-hybridized carbons (Fsp3) is 0.375. The number of carbonyl (C=O) groups excluding carboxylic acids is 1. The Kier molecular flexibility index (Phi) is 13.2. The Labute approximate surface area is 221 Å². The summed E-state index contributed by atoms with van der Waals surface area (Å²) in [5.41, 5.74) is 6.31. The molecule has 1 fully saturated rings. The fourth-order valence-electron chi connectivity index (χ4n) is 3.12. The number of nitrogens with two attached hydrogens (primary N) is 1. The van der Waals surface area contributed by atoms with Crippen molar-refractivity contribution in [3.05, 3.63) is 60.2 Å². The van der Waals surface area contributed by atoms with Crippen molar-refractivity contribution < 1.29 is 53.0 Å². The van der Waals surface area contributed by atoms with Crippen molar-refractivity contribution >= 4 is 23.4 Å². The summed E-state index contributed by atoms with van der Waals surface area (Å²) < 4.78 is 23.7. The van der Waals surface area contributed by atoms with Crippen LogP contribution in [0.1, 0.15) is 57.1 Å². The van der Waals surface area contributed by atoms with Gasteiger partial charge in [-0.05, 0) is 55.9 Å². The van der Waals surface area contributed by atoms with Crippen LogP contribution in [0.25, 0.3) is 0 Å². The molecule has 0 spiro atoms. The van der Waals surface area contributed by atoms with Gasteiger partial charge in [0.25, 0.3) is 5.89 Å². The predicted octanol–water partition coefficient (Wildman–Crippen LogP) is 1.57. The van der Waals surface area contributed by atoms with Crippen LogP contribution >= 0.6 is 0 Å². The molecule has 4 rings (SSSR count). The molecule has 0 saturated heterocycles. The molecule has 10 heteroatoms. The fourth-order valence-corrected chi connectivity index (χ4v) is 3.12. The van der Waals surface area contributed by atoms with Crippen molar-refractivity contribution in [3.8, 4) is 5.75 Å². The standard InChI is InChI=1S/C13H18FNO.C9H7N3O3.C2H6.Na/c1-9-2-4-10(5-3-9)16-11-6-7-13(15)12(14)8-11;13-8(14)7-11-12-9(15-7)10-6-4-2-1-3-5-6;1-2;/h6-10H,2-5,15H2,1H3;1-5H,(H,10,12)(H,13,14);1-2H3;/q;;;+1/p-1. The number of anilines is 3. The molecule has 1 heterocycles. The van der Waals surface area contributed by atoms with Crippen molar-refractivity contribution in [2.45, 2.75) is 52.6 Å². The Morgan fingerprint density at radius 1 is 1.12 bits per heavy atom. The number of halogens is 1. The number of rotatable bonds is 5. The molecule has 0 atom stereocenters. The summed E-state index contributed by atoms with van der Waals surface area (Å²) in [5.74, 6) is -1.06. The van der Waals surface area contributed by atoms with Crippen LogP contribution in [0.4, 0.5) is 21.8 Å². The molecule has 0 bridgehead atoms. The second-order valence-electron chi connectivity index (χ2n) is 7.37. The summed E-state index contributed by atoms with van der Waals surface area (Å²) in [6.45, 7) is 6.26. The second-order valence-corrected chi connectivity index (χ2v) is 7.37. The van der Waals surface area contributed by atoms with Gasteiger partial charge in [0.2, 0.25) is 0 Å². The minimum Gasteiger partial charge on any atom is -0.540 e. The zero-order valence-electron chi connectivity index (χ0n) is 20.1. The van der Waals surface area contributed by atoms with Crippen LogP contribution in [0.15, 0.2) is 52.9 Å². The van der Waals surface area contributed by atoms with Gasteiger partial charge in [0, 0.05) is 11.8 Å². The first-order valence-electron chi connectivity index (χ1n) is 11.0. The summed E-state index contributed by atoms with van der Waals surface area (Å²) in [5, 5.41) is 19.8. The zero-order valence-corrected chi connectivity index (χ0v) is 22.1. The normalized spacial score (nSPS) is 16.5. The van der Waals surface area contributed by atoms with Gasteiger partial charge in [0.15, 0.2) is 0 Å². The van der Waals surface area contributed by atoms with Crippen LogP contribution in [-0.4, -0.2) is 22.3 Å². The summed E-state index contributed by atoms with van der Waals surface area (Å²) in [4.78, 5) is 10.3. The zero-order chi connectivity index (χ0) is 24.2. The number of carboxylic acid groups (broad SMARTS) is 1. The molecule has 0 amide bonds. The first-order chi connectivity index (χ1) is 15.9. The van der Waals surface area contributed by atoms with Gasteiger partial charge in [-0.3, -0.25) is 0 Å². The molecule has 1 aliphatic rings. The number of benzene rings is 2. The maximum atomic E-state index is 13.2. The summed E-state index contributed by atoms with van der Waals surface area (Å²) in [7, 11) is 0. The molecule has 34 heavy (non-hydrogen) atoms. The van der Waals surface area contributed by atoms with Gasteiger partial charge in [-0.15, -0.1) is 5.10 Å². The van der Waals surface area contributed by atoms with Gasteiger partial charge in [-0.1, -0.05) is 44.1 Å². The van der Waals surface area contributed by atoms with Gasteiger partial charge in [-0.25, -0.2) is 4.39 Å². The van der Waals surface area contributed by atoms with E-state index in [9.17, 15) is 14.3 Å². The molecular weight excluding hydrogens is 450 g/mol. The number of carboxylic acids is 1. The maximum absolute atomic E-state index is 13.2. The number of aromatic carboxylic acids is 1. The molecular formula is C24H30FN4NaO4. The van der Waals surface area contributed by atoms with Crippen LogP contribution in [0.2, 0.25) is 0 Å². The number of ether oxygens (including phenoxy) is 1. The molecule has 1 aromatic heterocycles. The smallest absolute Gasteiger partial charge is 0.540 e. The van der Waals surface area contributed by atoms with Crippen LogP contribution in [0, 0.1) is 11.7 Å². The third kappa shape index (κ3) is 9.70. The molecule has 3 aromatic rings. The Morgan fingerprint density at radius 2 is 1.76 bits per heavy atom. The Hall–Kier alpha value is -2.62. The monoisotopic (exact) mass is 480 g/mol. The Morgan fingerprint density at radius 3 is 2.32 bits per heavy atom. The van der Waals surface area contributed by atoms with Gasteiger partial charge < -0.3 is 30.1 Å². The molecule has 178 valence electrons. The van der Waals surface area contributed by atoms with Crippen LogP contribution < -0.4 is 50.5 Å². The third-order valence-corrected chi connectivity index (χ3v) is 4.86. The minimum atomic E-state index is -1.50. The van der Waals surface area contributed by atoms with E-state index in [4.69, 9.17) is 14.9 Å². The molecule has 0 radical (unpaired) electrons. The van der Waals surface area contributed by atoms with Gasteiger partial charge in [0.1, 0.15) is 17.5 Å². The average molecular weight is 481 g/mol. The number of para-hydroxylation sites is 1. The Bertz CT molecular complexity index is 996. The van der Waals surface area contributed by atoms with Gasteiger partial charge >= 0.3 is 35.6 Å². The van der Waals surface area contributed by atoms with Crippen LogP contribution in [0.3, 0.4) is 0 Å². The van der Waals surface area contributed by atoms with Crippen LogP contribution in [0.5, 0.6) is 5.75 Å². The van der Waals surface area contributed by atoms with Gasteiger partial charge in [0.05, 0.1) is 11.8 Å². The first-order valence-corrected chi connectivity index (χ1v) is 11.0. The van der Waals surface area contributed by atoms with E-state index >= 15 is 0 Å². The van der Waals surface area contributed by atoms with E-state index in [-0.39, 0.29) is 47.4 Å². The van der Waals surface area contributed by atoms with E-state index in [1.165, 1.54) is 18.9 Å². The van der Waals surface area contributed by atoms with Crippen LogP contribution in [-0.2, 0) is 0 Å². The van der Waals surface area contributed by atoms with E-state index in [2.05, 4.69) is 22.4 Å². The maximum Gasteiger partial charge on any atom is 1.00 e. The molecule has 1 aliphatic carbocycles. The molecule has 0 aliphatic heterocycles. The minimum absolute atomic E-state index is 0. The SMILES string of the molecule is CC.CC1CCC(Oc2ccc(N)c(F)c2)CC1.O=C([O-])c1nnc(Nc2ccccc2)o1.[Na+]. The molecule has 2 aromatic carbocycles. The summed E-state index contributed by atoms with van der Waals surface area (Å²) >= 11 is 0. The number of hydrogen-bond donors (Lipinski definition) is 2. The average Bonchev–Trinajstić information content (AvgIpc) is 3.29. The summed E-state index contributed by atoms with van der Waals surface area (Å²) in [6, 6.07) is 13.7. The topological polar surface area (TPSA) is 126 Å². The number of nitrogens with zero attached hydrogens (tertiary/aromatic N) is 2. The molecule has 8 nitrogen and oxygen atoms in total. The van der Waals surface area contributed by atoms with Crippen molar-refractivity contribution in [1.29, 1.82) is 0 Å². The van der Waals surface area contributed by atoms with E-state index in [0.717, 1.165) is 24.4 Å². The largest absolute Gasteiger partial charge is 1.00 e. The third-order valence-electron chi connectivity index (χ3n) is 4.86. The number of nitrogens with one attached hydrogen (secondary N) is 1. The quantitative estimate of drug-likeness (QED) is 0.416. The summed E-state index contributed by atoms with van der Waals surface area (Å²) in [6.07, 6.45) is 4.75. The molecule has 0 unspecified atom stereocenters. The van der Waals surface area contributed by atoms with Crippen molar-refractivity contribution in [3.63, 3.8) is 0 Å². The predicted molar refractivity (Wildman–Crippen MR) is 123 cm³/mol. The number of aromatic nitrogens is 2. The van der Waals surface area contributed by atoms with Crippen molar-refractivity contribution in [2.24, 2.45) is 5.92 Å². The molecule has 1 saturated carbocycles. The Balaban J connectivity index is 0.000000309. The molecule has 3 N–H and O–H groups in total. The van der Waals surface area contributed by atoms with E-state index < -0.39 is 17.7 Å². The van der Waals surface area contributed by atoms with Gasteiger partial charge in [-0.2, -0.15) is 0 Å². The van der Waals surface area contributed by atoms with Crippen molar-refractivity contribution in [2.75, 3.05) is 11.1 Å². The number of hydrogen-bond acceptors (Lipinski definition) is 8. The van der Waals surface area contributed by atoms with E-state index in [0.29, 0.717) is 5.75 Å². The first kappa shape index (κ1) is 29.4. The van der Waals surface area contributed by atoms with Crippen molar-refractivity contribution in [1.82, 2.24) is 10.2 Å². The van der Waals surface area contributed by atoms with E-state index in [1.807, 2.05) is 32.0 Å². The number of carbonyl (C=O) groups is 1. The second kappa shape index (κ2) is 15.3.